The predicted octanol–water partition coefficient (Wildman–Crippen LogP) is 3.10. The molecule has 1 rings (SSSR count). The van der Waals surface area contributed by atoms with Gasteiger partial charge in [0, 0.05) is 12.7 Å². The Morgan fingerprint density at radius 3 is 2.58 bits per heavy atom. The largest absolute Gasteiger partial charge is 0.463 e. The van der Waals surface area contributed by atoms with E-state index in [-0.39, 0.29) is 23.4 Å². The van der Waals surface area contributed by atoms with Crippen LogP contribution in [0.3, 0.4) is 0 Å². The molecule has 0 bridgehead atoms. The number of allylic oxidation sites excluding steroid dienone is 3. The van der Waals surface area contributed by atoms with Gasteiger partial charge in [-0.1, -0.05) is 39.0 Å². The van der Waals surface area contributed by atoms with Gasteiger partial charge in [0.1, 0.15) is 0 Å². The van der Waals surface area contributed by atoms with Crippen LogP contribution in [0.2, 0.25) is 0 Å². The highest BCUT2D eigenvalue weighted by molar-refractivity contribution is 5.82. The number of ether oxygens (including phenoxy) is 1. The van der Waals surface area contributed by atoms with E-state index in [1.807, 2.05) is 6.08 Å². The van der Waals surface area contributed by atoms with Crippen molar-refractivity contribution >= 4 is 5.97 Å². The molecule has 1 aliphatic carbocycles. The summed E-state index contributed by atoms with van der Waals surface area (Å²) in [6.07, 6.45) is 9.35. The van der Waals surface area contributed by atoms with Gasteiger partial charge in [-0.2, -0.15) is 0 Å². The quantitative estimate of drug-likeness (QED) is 0.472. The fourth-order valence-corrected chi connectivity index (χ4v) is 2.83. The lowest BCUT2D eigenvalue weighted by Crippen LogP contribution is -2.34. The van der Waals surface area contributed by atoms with Crippen molar-refractivity contribution in [2.75, 3.05) is 13.2 Å². The highest BCUT2D eigenvalue weighted by Gasteiger charge is 2.49. The van der Waals surface area contributed by atoms with E-state index in [0.29, 0.717) is 12.5 Å². The first-order valence-corrected chi connectivity index (χ1v) is 7.01. The molecule has 108 valence electrons. The van der Waals surface area contributed by atoms with E-state index in [1.165, 1.54) is 6.08 Å². The number of hydrogen-bond acceptors (Lipinski definition) is 3. The number of hydrogen-bond donors (Lipinski definition) is 1. The smallest absolute Gasteiger partial charge is 0.330 e. The van der Waals surface area contributed by atoms with Gasteiger partial charge in [0.2, 0.25) is 0 Å². The van der Waals surface area contributed by atoms with Crippen LogP contribution in [0, 0.1) is 16.7 Å². The second-order valence-corrected chi connectivity index (χ2v) is 6.03. The van der Waals surface area contributed by atoms with E-state index >= 15 is 0 Å². The molecule has 0 saturated heterocycles. The monoisotopic (exact) mass is 266 g/mol. The summed E-state index contributed by atoms with van der Waals surface area (Å²) < 4.78 is 4.82. The summed E-state index contributed by atoms with van der Waals surface area (Å²) in [5.74, 6) is 0.0346. The Balaban J connectivity index is 2.68. The fourth-order valence-electron chi connectivity index (χ4n) is 2.83. The molecule has 0 aliphatic heterocycles. The minimum atomic E-state index is -0.309. The minimum Gasteiger partial charge on any atom is -0.463 e. The van der Waals surface area contributed by atoms with Gasteiger partial charge < -0.3 is 9.84 Å². The molecule has 0 spiro atoms. The van der Waals surface area contributed by atoms with Crippen LogP contribution in [0.5, 0.6) is 0 Å². The van der Waals surface area contributed by atoms with Gasteiger partial charge in [-0.15, -0.1) is 0 Å². The first-order chi connectivity index (χ1) is 8.87. The van der Waals surface area contributed by atoms with Gasteiger partial charge in [-0.05, 0) is 36.5 Å². The molecule has 0 amide bonds. The summed E-state index contributed by atoms with van der Waals surface area (Å²) in [6, 6.07) is 0. The molecule has 19 heavy (non-hydrogen) atoms. The highest BCUT2D eigenvalue weighted by Crippen LogP contribution is 2.56. The number of aliphatic hydroxyl groups is 1. The van der Waals surface area contributed by atoms with Crippen molar-refractivity contribution in [3.63, 3.8) is 0 Å². The molecular weight excluding hydrogens is 240 g/mol. The second kappa shape index (κ2) is 6.38. The van der Waals surface area contributed by atoms with Crippen molar-refractivity contribution < 1.29 is 14.6 Å². The lowest BCUT2D eigenvalue weighted by Gasteiger charge is -2.39. The second-order valence-electron chi connectivity index (χ2n) is 6.03. The van der Waals surface area contributed by atoms with Gasteiger partial charge in [0.25, 0.3) is 0 Å². The van der Waals surface area contributed by atoms with Crippen molar-refractivity contribution in [3.8, 4) is 0 Å². The van der Waals surface area contributed by atoms with E-state index in [0.717, 1.165) is 12.8 Å². The zero-order valence-electron chi connectivity index (χ0n) is 12.5. The maximum absolute atomic E-state index is 11.2. The maximum Gasteiger partial charge on any atom is 0.330 e. The zero-order chi connectivity index (χ0) is 14.5. The van der Waals surface area contributed by atoms with Crippen LogP contribution in [-0.2, 0) is 9.53 Å². The molecule has 0 aromatic rings. The minimum absolute atomic E-state index is 0.0550. The van der Waals surface area contributed by atoms with Crippen LogP contribution >= 0.6 is 0 Å². The molecule has 3 heteroatoms. The lowest BCUT2D eigenvalue weighted by molar-refractivity contribution is -0.137. The molecule has 3 nitrogen and oxygen atoms in total. The van der Waals surface area contributed by atoms with Gasteiger partial charge in [0.15, 0.2) is 0 Å². The molecule has 1 fully saturated rings. The van der Waals surface area contributed by atoms with Crippen LogP contribution in [0.15, 0.2) is 24.3 Å². The zero-order valence-corrected chi connectivity index (χ0v) is 12.5. The number of rotatable bonds is 5. The van der Waals surface area contributed by atoms with Gasteiger partial charge >= 0.3 is 5.97 Å². The number of esters is 1. The van der Waals surface area contributed by atoms with Crippen LogP contribution in [0.25, 0.3) is 0 Å². The van der Waals surface area contributed by atoms with Crippen molar-refractivity contribution in [2.24, 2.45) is 16.7 Å². The lowest BCUT2D eigenvalue weighted by atomic mass is 9.66. The Labute approximate surface area is 116 Å². The van der Waals surface area contributed by atoms with Gasteiger partial charge in [0.05, 0.1) is 6.61 Å². The molecule has 0 aromatic carbocycles. The van der Waals surface area contributed by atoms with E-state index in [1.54, 1.807) is 13.0 Å². The number of carbonyl (C=O) groups excluding carboxylic acids is 1. The molecular formula is C16H26O3. The summed E-state index contributed by atoms with van der Waals surface area (Å²) in [6.45, 7) is 9.07. The number of aliphatic hydroxyl groups excluding tert-OH is 1. The molecule has 1 aliphatic rings. The maximum atomic E-state index is 11.2. The SMILES string of the molecule is CCOC(=O)C=CC=C[C@@]1(C)CC[C@@H](CO)C1(C)C. The van der Waals surface area contributed by atoms with Crippen LogP contribution in [0.4, 0.5) is 0 Å². The van der Waals surface area contributed by atoms with Gasteiger partial charge in [-0.3, -0.25) is 0 Å². The van der Waals surface area contributed by atoms with Crippen molar-refractivity contribution in [3.05, 3.63) is 24.3 Å². The normalized spacial score (nSPS) is 30.3. The molecule has 0 radical (unpaired) electrons. The summed E-state index contributed by atoms with van der Waals surface area (Å²) in [4.78, 5) is 11.2. The first kappa shape index (κ1) is 16.0. The van der Waals surface area contributed by atoms with Gasteiger partial charge in [-0.25, -0.2) is 4.79 Å². The van der Waals surface area contributed by atoms with E-state index < -0.39 is 0 Å². The Hall–Kier alpha value is -1.09. The van der Waals surface area contributed by atoms with Crippen LogP contribution < -0.4 is 0 Å². The van der Waals surface area contributed by atoms with Crippen LogP contribution in [-0.4, -0.2) is 24.3 Å². The average molecular weight is 266 g/mol. The summed E-state index contributed by atoms with van der Waals surface area (Å²) in [7, 11) is 0. The Bertz CT molecular complexity index is 368. The average Bonchev–Trinajstić information content (AvgIpc) is 2.57. The van der Waals surface area contributed by atoms with Crippen molar-refractivity contribution in [1.82, 2.24) is 0 Å². The Kier molecular flexibility index (Phi) is 5.36. The molecule has 0 heterocycles. The predicted molar refractivity (Wildman–Crippen MR) is 76.6 cm³/mol. The Morgan fingerprint density at radius 1 is 1.37 bits per heavy atom. The van der Waals surface area contributed by atoms with Crippen molar-refractivity contribution in [1.29, 1.82) is 0 Å². The van der Waals surface area contributed by atoms with E-state index in [9.17, 15) is 9.90 Å². The highest BCUT2D eigenvalue weighted by atomic mass is 16.5. The van der Waals surface area contributed by atoms with Crippen molar-refractivity contribution in [2.45, 2.75) is 40.5 Å². The number of carbonyl (C=O) groups is 1. The molecule has 0 aromatic heterocycles. The fraction of sp³-hybridized carbons (Fsp3) is 0.688. The van der Waals surface area contributed by atoms with E-state index in [4.69, 9.17) is 4.74 Å². The van der Waals surface area contributed by atoms with E-state index in [2.05, 4.69) is 26.8 Å². The summed E-state index contributed by atoms with van der Waals surface area (Å²) in [5.41, 5.74) is 0.120. The molecule has 1 N–H and O–H groups in total. The van der Waals surface area contributed by atoms with Crippen LogP contribution in [0.1, 0.15) is 40.5 Å². The standard InChI is InChI=1S/C16H26O3/c1-5-19-14(18)8-6-7-10-16(4)11-9-13(12-17)15(16,2)3/h6-8,10,13,17H,5,9,11-12H2,1-4H3/t13-,16-/m0/s1. The summed E-state index contributed by atoms with van der Waals surface area (Å²) >= 11 is 0. The molecule has 0 unspecified atom stereocenters. The Morgan fingerprint density at radius 2 is 2.05 bits per heavy atom. The first-order valence-electron chi connectivity index (χ1n) is 7.01. The third-order valence-electron chi connectivity index (χ3n) is 4.82. The molecule has 2 atom stereocenters. The molecule has 1 saturated carbocycles. The third-order valence-corrected chi connectivity index (χ3v) is 4.82. The summed E-state index contributed by atoms with van der Waals surface area (Å²) in [5, 5.41) is 9.44. The third kappa shape index (κ3) is 3.47. The topological polar surface area (TPSA) is 46.5 Å².